The molecular formula is C10H20N2O2. The van der Waals surface area contributed by atoms with Crippen molar-refractivity contribution in [3.05, 3.63) is 0 Å². The molecule has 4 heteroatoms. The molecule has 1 aliphatic heterocycles. The van der Waals surface area contributed by atoms with Crippen molar-refractivity contribution in [1.29, 1.82) is 0 Å². The van der Waals surface area contributed by atoms with Gasteiger partial charge in [0.2, 0.25) is 0 Å². The van der Waals surface area contributed by atoms with Crippen LogP contribution in [-0.2, 0) is 9.53 Å². The Hall–Kier alpha value is -0.610. The average molecular weight is 200 g/mol. The Morgan fingerprint density at radius 3 is 2.79 bits per heavy atom. The molecule has 0 aromatic carbocycles. The van der Waals surface area contributed by atoms with Crippen molar-refractivity contribution in [2.24, 2.45) is 11.1 Å². The number of ether oxygens (including phenoxy) is 1. The molecule has 14 heavy (non-hydrogen) atoms. The van der Waals surface area contributed by atoms with Crippen LogP contribution in [0.2, 0.25) is 0 Å². The van der Waals surface area contributed by atoms with Crippen LogP contribution in [-0.4, -0.2) is 43.7 Å². The summed E-state index contributed by atoms with van der Waals surface area (Å²) in [5, 5.41) is 0. The molecule has 0 aliphatic carbocycles. The maximum atomic E-state index is 11.7. The molecule has 1 rings (SSSR count). The van der Waals surface area contributed by atoms with Crippen molar-refractivity contribution in [2.45, 2.75) is 26.4 Å². The molecule has 82 valence electrons. The number of carbonyl (C=O) groups is 1. The van der Waals surface area contributed by atoms with Crippen LogP contribution in [0, 0.1) is 5.41 Å². The number of likely N-dealkylation sites (tertiary alicyclic amines) is 1. The largest absolute Gasteiger partial charge is 0.372 e. The van der Waals surface area contributed by atoms with Crippen LogP contribution in [0.25, 0.3) is 0 Å². The van der Waals surface area contributed by atoms with Crippen LogP contribution in [0.3, 0.4) is 0 Å². The van der Waals surface area contributed by atoms with E-state index in [9.17, 15) is 4.79 Å². The Labute approximate surface area is 85.4 Å². The van der Waals surface area contributed by atoms with Gasteiger partial charge in [0, 0.05) is 20.2 Å². The van der Waals surface area contributed by atoms with Gasteiger partial charge >= 0.3 is 0 Å². The van der Waals surface area contributed by atoms with E-state index in [1.807, 2.05) is 4.90 Å². The number of amides is 1. The number of methoxy groups -OCH3 is 1. The van der Waals surface area contributed by atoms with Gasteiger partial charge in [-0.2, -0.15) is 0 Å². The highest BCUT2D eigenvalue weighted by atomic mass is 16.5. The van der Waals surface area contributed by atoms with Crippen LogP contribution in [0.4, 0.5) is 0 Å². The minimum absolute atomic E-state index is 0.0738. The third-order valence-electron chi connectivity index (χ3n) is 3.06. The lowest BCUT2D eigenvalue weighted by Crippen LogP contribution is -2.39. The highest BCUT2D eigenvalue weighted by Crippen LogP contribution is 2.28. The smallest absolute Gasteiger partial charge is 0.251 e. The first-order chi connectivity index (χ1) is 6.52. The number of rotatable bonds is 3. The lowest BCUT2D eigenvalue weighted by atomic mass is 9.90. The van der Waals surface area contributed by atoms with Gasteiger partial charge in [0.15, 0.2) is 0 Å². The molecule has 0 aromatic rings. The fourth-order valence-electron chi connectivity index (χ4n) is 1.74. The van der Waals surface area contributed by atoms with Crippen LogP contribution in [0.1, 0.15) is 20.3 Å². The molecule has 4 nitrogen and oxygen atoms in total. The van der Waals surface area contributed by atoms with Gasteiger partial charge in [0.25, 0.3) is 5.91 Å². The molecular weight excluding hydrogens is 180 g/mol. The molecule has 0 bridgehead atoms. The van der Waals surface area contributed by atoms with E-state index < -0.39 is 0 Å². The van der Waals surface area contributed by atoms with E-state index in [0.717, 1.165) is 19.5 Å². The van der Waals surface area contributed by atoms with Crippen LogP contribution < -0.4 is 5.73 Å². The second-order valence-electron chi connectivity index (χ2n) is 4.40. The van der Waals surface area contributed by atoms with Gasteiger partial charge in [-0.1, -0.05) is 6.92 Å². The lowest BCUT2D eigenvalue weighted by Gasteiger charge is -2.24. The quantitative estimate of drug-likeness (QED) is 0.709. The van der Waals surface area contributed by atoms with Gasteiger partial charge in [0.05, 0.1) is 0 Å². The Bertz CT molecular complexity index is 220. The third-order valence-corrected chi connectivity index (χ3v) is 3.06. The summed E-state index contributed by atoms with van der Waals surface area (Å²) in [6.07, 6.45) is 0.654. The number of carbonyl (C=O) groups excluding carboxylic acids is 1. The second kappa shape index (κ2) is 4.28. The Morgan fingerprint density at radius 1 is 1.71 bits per heavy atom. The molecule has 1 fully saturated rings. The highest BCUT2D eigenvalue weighted by Gasteiger charge is 2.36. The van der Waals surface area contributed by atoms with E-state index >= 15 is 0 Å². The molecule has 0 saturated carbocycles. The monoisotopic (exact) mass is 200 g/mol. The zero-order valence-corrected chi connectivity index (χ0v) is 9.25. The normalized spacial score (nSPS) is 29.3. The van der Waals surface area contributed by atoms with Gasteiger partial charge in [-0.3, -0.25) is 4.79 Å². The fourth-order valence-corrected chi connectivity index (χ4v) is 1.74. The van der Waals surface area contributed by atoms with E-state index in [-0.39, 0.29) is 17.4 Å². The highest BCUT2D eigenvalue weighted by molar-refractivity contribution is 5.80. The van der Waals surface area contributed by atoms with E-state index in [1.54, 1.807) is 14.0 Å². The Kier molecular flexibility index (Phi) is 3.50. The van der Waals surface area contributed by atoms with Crippen molar-refractivity contribution in [3.8, 4) is 0 Å². The fraction of sp³-hybridized carbons (Fsp3) is 0.900. The van der Waals surface area contributed by atoms with Crippen LogP contribution >= 0.6 is 0 Å². The number of hydrogen-bond donors (Lipinski definition) is 1. The van der Waals surface area contributed by atoms with Crippen molar-refractivity contribution in [1.82, 2.24) is 4.90 Å². The van der Waals surface area contributed by atoms with Crippen molar-refractivity contribution in [3.63, 3.8) is 0 Å². The molecule has 0 radical (unpaired) electrons. The second-order valence-corrected chi connectivity index (χ2v) is 4.40. The topological polar surface area (TPSA) is 55.6 Å². The van der Waals surface area contributed by atoms with E-state index in [1.165, 1.54) is 0 Å². The zero-order valence-electron chi connectivity index (χ0n) is 9.25. The molecule has 2 atom stereocenters. The van der Waals surface area contributed by atoms with Crippen molar-refractivity contribution < 1.29 is 9.53 Å². The minimum Gasteiger partial charge on any atom is -0.372 e. The summed E-state index contributed by atoms with van der Waals surface area (Å²) in [5.74, 6) is 0.0738. The Balaban J connectivity index is 2.54. The standard InChI is InChI=1S/C10H20N2O2/c1-8(14-3)9(13)12-5-4-10(2,6-11)7-12/h8H,4-7,11H2,1-3H3. The van der Waals surface area contributed by atoms with E-state index in [2.05, 4.69) is 6.92 Å². The van der Waals surface area contributed by atoms with Gasteiger partial charge in [0.1, 0.15) is 6.10 Å². The SMILES string of the molecule is COC(C)C(=O)N1CCC(C)(CN)C1. The van der Waals surface area contributed by atoms with Gasteiger partial charge < -0.3 is 15.4 Å². The summed E-state index contributed by atoms with van der Waals surface area (Å²) in [6, 6.07) is 0. The van der Waals surface area contributed by atoms with Crippen molar-refractivity contribution in [2.75, 3.05) is 26.7 Å². The molecule has 2 unspecified atom stereocenters. The van der Waals surface area contributed by atoms with E-state index in [4.69, 9.17) is 10.5 Å². The molecule has 1 saturated heterocycles. The summed E-state index contributed by atoms with van der Waals surface area (Å²) in [6.45, 7) is 6.10. The first-order valence-corrected chi connectivity index (χ1v) is 5.04. The van der Waals surface area contributed by atoms with Crippen molar-refractivity contribution >= 4 is 5.91 Å². The summed E-state index contributed by atoms with van der Waals surface area (Å²) in [5.41, 5.74) is 5.77. The van der Waals surface area contributed by atoms with Gasteiger partial charge in [-0.15, -0.1) is 0 Å². The average Bonchev–Trinajstić information content (AvgIpc) is 2.59. The zero-order chi connectivity index (χ0) is 10.8. The molecule has 1 amide bonds. The van der Waals surface area contributed by atoms with Gasteiger partial charge in [-0.25, -0.2) is 0 Å². The molecule has 1 heterocycles. The number of nitrogens with two attached hydrogens (primary N) is 1. The summed E-state index contributed by atoms with van der Waals surface area (Å²) >= 11 is 0. The van der Waals surface area contributed by atoms with Crippen LogP contribution in [0.5, 0.6) is 0 Å². The maximum absolute atomic E-state index is 11.7. The summed E-state index contributed by atoms with van der Waals surface area (Å²) in [7, 11) is 1.56. The Morgan fingerprint density at radius 2 is 2.36 bits per heavy atom. The predicted octanol–water partition coefficient (Wildman–Crippen LogP) is 0.219. The molecule has 0 spiro atoms. The van der Waals surface area contributed by atoms with Gasteiger partial charge in [-0.05, 0) is 25.3 Å². The third kappa shape index (κ3) is 2.25. The summed E-state index contributed by atoms with van der Waals surface area (Å²) in [4.78, 5) is 13.6. The molecule has 2 N–H and O–H groups in total. The first-order valence-electron chi connectivity index (χ1n) is 5.04. The maximum Gasteiger partial charge on any atom is 0.251 e. The predicted molar refractivity (Wildman–Crippen MR) is 54.8 cm³/mol. The van der Waals surface area contributed by atoms with Crippen LogP contribution in [0.15, 0.2) is 0 Å². The first kappa shape index (κ1) is 11.5. The molecule has 0 aromatic heterocycles. The summed E-state index contributed by atoms with van der Waals surface area (Å²) < 4.78 is 5.00. The lowest BCUT2D eigenvalue weighted by molar-refractivity contribution is -0.140. The van der Waals surface area contributed by atoms with E-state index in [0.29, 0.717) is 6.54 Å². The minimum atomic E-state index is -0.338. The molecule has 1 aliphatic rings. The number of hydrogen-bond acceptors (Lipinski definition) is 3. The number of nitrogens with zero attached hydrogens (tertiary/aromatic N) is 1.